The van der Waals surface area contributed by atoms with E-state index in [4.69, 9.17) is 13.9 Å². The maximum absolute atomic E-state index is 13.2. The van der Waals surface area contributed by atoms with Crippen LogP contribution >= 0.6 is 0 Å². The first-order chi connectivity index (χ1) is 13.5. The third kappa shape index (κ3) is 2.30. The maximum Gasteiger partial charge on any atom is 0.312 e. The second-order valence-electron chi connectivity index (χ2n) is 11.5. The van der Waals surface area contributed by atoms with Crippen molar-refractivity contribution in [1.29, 1.82) is 0 Å². The van der Waals surface area contributed by atoms with Crippen molar-refractivity contribution in [1.82, 2.24) is 0 Å². The molecule has 1 saturated heterocycles. The quantitative estimate of drug-likeness (QED) is 0.393. The average Bonchev–Trinajstić information content (AvgIpc) is 3.08. The lowest BCUT2D eigenvalue weighted by molar-refractivity contribution is -0.163. The summed E-state index contributed by atoms with van der Waals surface area (Å²) in [5.74, 6) is -0.206. The molecule has 0 N–H and O–H groups in total. The number of carbonyl (C=O) groups excluding carboxylic acids is 2. The van der Waals surface area contributed by atoms with E-state index in [9.17, 15) is 9.59 Å². The zero-order chi connectivity index (χ0) is 21.0. The third-order valence-corrected chi connectivity index (χ3v) is 10.0. The SMILES string of the molecule is C=C1C[C@]23C[C@H]1[C@H](O[Si](C)(C)C)CC2[C@@]12CCCC(C)(C(=O)O1)C2[C@@H]3C(=O)OC. The van der Waals surface area contributed by atoms with Gasteiger partial charge in [-0.2, -0.15) is 0 Å². The molecule has 5 rings (SSSR count). The van der Waals surface area contributed by atoms with Crippen molar-refractivity contribution >= 4 is 20.3 Å². The van der Waals surface area contributed by atoms with Crippen molar-refractivity contribution < 1.29 is 23.5 Å². The molecule has 4 saturated carbocycles. The summed E-state index contributed by atoms with van der Waals surface area (Å²) in [6.45, 7) is 13.2. The Balaban J connectivity index is 1.66. The maximum atomic E-state index is 13.2. The Morgan fingerprint density at radius 1 is 1.28 bits per heavy atom. The van der Waals surface area contributed by atoms with Gasteiger partial charge in [0.05, 0.1) is 24.5 Å². The van der Waals surface area contributed by atoms with Crippen molar-refractivity contribution in [2.75, 3.05) is 7.11 Å². The van der Waals surface area contributed by atoms with Gasteiger partial charge < -0.3 is 13.9 Å². The fraction of sp³-hybridized carbons (Fsp3) is 0.826. The number of hydrogen-bond donors (Lipinski definition) is 0. The molecule has 8 atom stereocenters. The number of fused-ring (bicyclic) bond motifs is 1. The Labute approximate surface area is 174 Å². The lowest BCUT2D eigenvalue weighted by Crippen LogP contribution is -2.50. The van der Waals surface area contributed by atoms with Crippen LogP contribution in [0.25, 0.3) is 0 Å². The zero-order valence-corrected chi connectivity index (χ0v) is 19.4. The molecule has 1 aliphatic heterocycles. The van der Waals surface area contributed by atoms with E-state index in [-0.39, 0.29) is 41.2 Å². The van der Waals surface area contributed by atoms with Crippen LogP contribution in [0.4, 0.5) is 0 Å². The summed E-state index contributed by atoms with van der Waals surface area (Å²) in [5, 5.41) is 0. The topological polar surface area (TPSA) is 61.8 Å². The molecule has 0 amide bonds. The molecule has 1 heterocycles. The van der Waals surface area contributed by atoms with Gasteiger partial charge in [-0.1, -0.05) is 12.2 Å². The van der Waals surface area contributed by atoms with Gasteiger partial charge in [-0.25, -0.2) is 0 Å². The highest BCUT2D eigenvalue weighted by Gasteiger charge is 2.82. The lowest BCUT2D eigenvalue weighted by Gasteiger charge is -2.47. The fourth-order valence-electron chi connectivity index (χ4n) is 8.35. The van der Waals surface area contributed by atoms with Gasteiger partial charge in [0.15, 0.2) is 8.32 Å². The summed E-state index contributed by atoms with van der Waals surface area (Å²) in [4.78, 5) is 26.3. The molecule has 5 fully saturated rings. The molecule has 5 nitrogen and oxygen atoms in total. The molecule has 4 bridgehead atoms. The van der Waals surface area contributed by atoms with Crippen LogP contribution in [0, 0.1) is 34.5 Å². The first-order valence-corrected chi connectivity index (χ1v) is 14.6. The second kappa shape index (κ2) is 5.76. The molecule has 0 aromatic heterocycles. The highest BCUT2D eigenvalue weighted by molar-refractivity contribution is 6.69. The highest BCUT2D eigenvalue weighted by Crippen LogP contribution is 2.78. The van der Waals surface area contributed by atoms with Gasteiger partial charge in [0, 0.05) is 17.8 Å². The van der Waals surface area contributed by atoms with Gasteiger partial charge >= 0.3 is 11.9 Å². The molecule has 3 unspecified atom stereocenters. The number of hydrogen-bond acceptors (Lipinski definition) is 5. The molecule has 0 radical (unpaired) electrons. The normalized spacial score (nSPS) is 50.2. The lowest BCUT2D eigenvalue weighted by atomic mass is 9.60. The van der Waals surface area contributed by atoms with Crippen LogP contribution in [0.5, 0.6) is 0 Å². The number of carbonyl (C=O) groups is 2. The molecule has 0 aromatic rings. The van der Waals surface area contributed by atoms with Crippen molar-refractivity contribution in [3.8, 4) is 0 Å². The standard InChI is InChI=1S/C23H34O5Si/c1-13-11-22-12-14(13)15(28-29(4,5)6)10-16(22)23-9-7-8-21(2,20(25)27-23)18(23)17(22)19(24)26-3/h14-18H,1,7-12H2,2-6H3/t14-,15-,16?,17-,18?,21?,22+,23-/m1/s1. The molecular weight excluding hydrogens is 384 g/mol. The van der Waals surface area contributed by atoms with Crippen LogP contribution in [-0.4, -0.2) is 39.1 Å². The van der Waals surface area contributed by atoms with Gasteiger partial charge in [0.1, 0.15) is 5.60 Å². The molecule has 6 heteroatoms. The fourth-order valence-corrected chi connectivity index (χ4v) is 9.52. The third-order valence-electron chi connectivity index (χ3n) is 9.02. The summed E-state index contributed by atoms with van der Waals surface area (Å²) >= 11 is 0. The van der Waals surface area contributed by atoms with E-state index < -0.39 is 19.3 Å². The monoisotopic (exact) mass is 418 g/mol. The van der Waals surface area contributed by atoms with E-state index in [0.717, 1.165) is 38.5 Å². The first-order valence-electron chi connectivity index (χ1n) is 11.2. The Kier molecular flexibility index (Phi) is 3.93. The Hall–Kier alpha value is -1.14. The van der Waals surface area contributed by atoms with Crippen molar-refractivity contribution in [2.45, 2.75) is 76.8 Å². The summed E-state index contributed by atoms with van der Waals surface area (Å²) in [6.07, 6.45) is 5.36. The molecular formula is C23H34O5Si. The number of ether oxygens (including phenoxy) is 2. The van der Waals surface area contributed by atoms with Gasteiger partial charge in [-0.05, 0) is 70.5 Å². The van der Waals surface area contributed by atoms with E-state index >= 15 is 0 Å². The van der Waals surface area contributed by atoms with E-state index in [0.29, 0.717) is 5.92 Å². The van der Waals surface area contributed by atoms with Gasteiger partial charge in [0.25, 0.3) is 0 Å². The van der Waals surface area contributed by atoms with Crippen molar-refractivity contribution in [3.63, 3.8) is 0 Å². The summed E-state index contributed by atoms with van der Waals surface area (Å²) in [6, 6.07) is 0. The molecule has 5 aliphatic rings. The predicted molar refractivity (Wildman–Crippen MR) is 110 cm³/mol. The Morgan fingerprint density at radius 3 is 2.66 bits per heavy atom. The molecule has 29 heavy (non-hydrogen) atoms. The smallest absolute Gasteiger partial charge is 0.312 e. The van der Waals surface area contributed by atoms with Crippen molar-refractivity contribution in [2.24, 2.45) is 34.5 Å². The number of rotatable bonds is 3. The Morgan fingerprint density at radius 2 is 2.00 bits per heavy atom. The van der Waals surface area contributed by atoms with Crippen LogP contribution in [0.1, 0.15) is 45.4 Å². The minimum absolute atomic E-state index is 0.0918. The number of methoxy groups -OCH3 is 1. The first kappa shape index (κ1) is 19.8. The van der Waals surface area contributed by atoms with Crippen LogP contribution in [0.2, 0.25) is 19.6 Å². The van der Waals surface area contributed by atoms with Crippen LogP contribution in [0.15, 0.2) is 12.2 Å². The van der Waals surface area contributed by atoms with Gasteiger partial charge in [-0.3, -0.25) is 9.59 Å². The van der Waals surface area contributed by atoms with E-state index in [1.54, 1.807) is 0 Å². The zero-order valence-electron chi connectivity index (χ0n) is 18.4. The largest absolute Gasteiger partial charge is 0.469 e. The second-order valence-corrected chi connectivity index (χ2v) is 16.0. The number of esters is 2. The summed E-state index contributed by atoms with van der Waals surface area (Å²) in [7, 11) is -0.260. The van der Waals surface area contributed by atoms with Gasteiger partial charge in [-0.15, -0.1) is 0 Å². The van der Waals surface area contributed by atoms with Crippen LogP contribution in [0.3, 0.4) is 0 Å². The minimum Gasteiger partial charge on any atom is -0.469 e. The molecule has 1 spiro atoms. The van der Waals surface area contributed by atoms with Crippen LogP contribution in [-0.2, 0) is 23.5 Å². The van der Waals surface area contributed by atoms with E-state index in [2.05, 4.69) is 26.2 Å². The summed E-state index contributed by atoms with van der Waals surface area (Å²) in [5.41, 5.74) is -0.116. The Bertz CT molecular complexity index is 802. The highest BCUT2D eigenvalue weighted by atomic mass is 28.4. The molecule has 4 aliphatic carbocycles. The van der Waals surface area contributed by atoms with Crippen LogP contribution < -0.4 is 0 Å². The predicted octanol–water partition coefficient (Wildman–Crippen LogP) is 4.08. The molecule has 0 aromatic carbocycles. The van der Waals surface area contributed by atoms with Crippen molar-refractivity contribution in [3.05, 3.63) is 12.2 Å². The summed E-state index contributed by atoms with van der Waals surface area (Å²) < 4.78 is 18.4. The van der Waals surface area contributed by atoms with Gasteiger partial charge in [0.2, 0.25) is 0 Å². The minimum atomic E-state index is -1.74. The van der Waals surface area contributed by atoms with E-state index in [1.807, 2.05) is 6.92 Å². The molecule has 160 valence electrons. The average molecular weight is 419 g/mol. The van der Waals surface area contributed by atoms with E-state index in [1.165, 1.54) is 12.7 Å².